The predicted octanol–water partition coefficient (Wildman–Crippen LogP) is 5.69. The smallest absolute Gasteiger partial charge is 0.229 e. The van der Waals surface area contributed by atoms with Crippen LogP contribution < -0.4 is 4.57 Å². The standard InChI is InChI=1S/C22H18FN2O/c1-12-7-9-17(24-4)22-19(12)15-8-6-13(2)20(21(15)26-22)18-10-16(23)14(3)11-25(18)5/h6-11H,1-3,5H3/q+1/i1D3,3D3. The minimum Gasteiger partial charge on any atom is -0.466 e. The van der Waals surface area contributed by atoms with E-state index in [0.717, 1.165) is 6.07 Å². The molecule has 0 aliphatic carbocycles. The number of nitrogens with zero attached hydrogens (tertiary/aromatic N) is 2. The van der Waals surface area contributed by atoms with E-state index in [1.165, 1.54) is 22.9 Å². The Morgan fingerprint density at radius 3 is 2.62 bits per heavy atom. The molecule has 0 aliphatic heterocycles. The fourth-order valence-electron chi connectivity index (χ4n) is 3.31. The minimum atomic E-state index is -2.61. The summed E-state index contributed by atoms with van der Waals surface area (Å²) < 4.78 is 68.7. The molecule has 0 amide bonds. The molecule has 0 unspecified atom stereocenters. The van der Waals surface area contributed by atoms with Crippen molar-refractivity contribution >= 4 is 27.6 Å². The van der Waals surface area contributed by atoms with Gasteiger partial charge in [-0.05, 0) is 31.8 Å². The molecule has 0 saturated heterocycles. The van der Waals surface area contributed by atoms with Crippen LogP contribution in [0.1, 0.15) is 24.9 Å². The van der Waals surface area contributed by atoms with Crippen molar-refractivity contribution in [3.05, 3.63) is 70.5 Å². The van der Waals surface area contributed by atoms with Crippen molar-refractivity contribution in [3.8, 4) is 11.3 Å². The van der Waals surface area contributed by atoms with Gasteiger partial charge in [0.05, 0.1) is 12.1 Å². The van der Waals surface area contributed by atoms with Crippen LogP contribution in [-0.4, -0.2) is 0 Å². The molecule has 0 saturated carbocycles. The Bertz CT molecular complexity index is 1440. The van der Waals surface area contributed by atoms with Gasteiger partial charge in [0.25, 0.3) is 0 Å². The monoisotopic (exact) mass is 351 g/mol. The van der Waals surface area contributed by atoms with Crippen LogP contribution in [0, 0.1) is 33.0 Å². The number of hydrogen-bond donors (Lipinski definition) is 0. The molecule has 2 heterocycles. The molecule has 4 aromatic rings. The van der Waals surface area contributed by atoms with E-state index in [-0.39, 0.29) is 16.8 Å². The van der Waals surface area contributed by atoms with Crippen LogP contribution in [0.2, 0.25) is 0 Å². The van der Waals surface area contributed by atoms with Crippen LogP contribution in [0.3, 0.4) is 0 Å². The first kappa shape index (κ1) is 10.7. The zero-order valence-corrected chi connectivity index (χ0v) is 14.1. The second-order valence-corrected chi connectivity index (χ2v) is 6.22. The molecule has 3 nitrogen and oxygen atoms in total. The molecule has 2 aromatic heterocycles. The highest BCUT2D eigenvalue weighted by molar-refractivity contribution is 6.14. The Kier molecular flexibility index (Phi) is 2.34. The SMILES string of the molecule is [2H]C([2H])([2H])c1c[n+](C)c(-c2c(C)ccc3c2oc2c([N+]#[C-])ccc(C([2H])([2H])[2H])c23)cc1F. The summed E-state index contributed by atoms with van der Waals surface area (Å²) in [7, 11) is 1.60. The molecule has 0 N–H and O–H groups in total. The molecule has 26 heavy (non-hydrogen) atoms. The molecule has 2 aromatic carbocycles. The van der Waals surface area contributed by atoms with E-state index in [9.17, 15) is 4.39 Å². The molecule has 0 fully saturated rings. The van der Waals surface area contributed by atoms with Crippen LogP contribution in [0.4, 0.5) is 10.1 Å². The third-order valence-corrected chi connectivity index (χ3v) is 4.58. The quantitative estimate of drug-likeness (QED) is 0.319. The van der Waals surface area contributed by atoms with Gasteiger partial charge in [0.1, 0.15) is 24.0 Å². The van der Waals surface area contributed by atoms with E-state index in [0.29, 0.717) is 33.2 Å². The van der Waals surface area contributed by atoms with Gasteiger partial charge in [0, 0.05) is 30.6 Å². The number of pyridine rings is 1. The number of furan rings is 1. The van der Waals surface area contributed by atoms with Gasteiger partial charge in [-0.3, -0.25) is 0 Å². The van der Waals surface area contributed by atoms with E-state index in [1.807, 2.05) is 0 Å². The van der Waals surface area contributed by atoms with E-state index >= 15 is 0 Å². The predicted molar refractivity (Wildman–Crippen MR) is 101 cm³/mol. The lowest BCUT2D eigenvalue weighted by molar-refractivity contribution is -0.661. The lowest BCUT2D eigenvalue weighted by Gasteiger charge is -2.07. The summed E-state index contributed by atoms with van der Waals surface area (Å²) in [6.45, 7) is 4.19. The van der Waals surface area contributed by atoms with Crippen LogP contribution in [0.25, 0.3) is 38.0 Å². The van der Waals surface area contributed by atoms with E-state index in [4.69, 9.17) is 19.2 Å². The first-order valence-electron chi connectivity index (χ1n) is 10.9. The average Bonchev–Trinajstić information content (AvgIpc) is 3.06. The third-order valence-electron chi connectivity index (χ3n) is 4.58. The lowest BCUT2D eigenvalue weighted by Crippen LogP contribution is -2.31. The maximum atomic E-state index is 14.8. The molecular weight excluding hydrogens is 327 g/mol. The Morgan fingerprint density at radius 2 is 1.88 bits per heavy atom. The molecule has 0 radical (unpaired) electrons. The average molecular weight is 351 g/mol. The molecule has 0 atom stereocenters. The van der Waals surface area contributed by atoms with Crippen LogP contribution >= 0.6 is 0 Å². The number of fused-ring (bicyclic) bond motifs is 3. The molecular formula is C22H18FN2O+. The van der Waals surface area contributed by atoms with Crippen molar-refractivity contribution in [1.29, 1.82) is 0 Å². The first-order valence-corrected chi connectivity index (χ1v) is 7.91. The summed E-state index contributed by atoms with van der Waals surface area (Å²) in [5.74, 6) is -0.879. The van der Waals surface area contributed by atoms with Gasteiger partial charge in [-0.25, -0.2) is 13.8 Å². The summed E-state index contributed by atoms with van der Waals surface area (Å²) >= 11 is 0. The van der Waals surface area contributed by atoms with Crippen molar-refractivity contribution in [2.45, 2.75) is 20.6 Å². The topological polar surface area (TPSA) is 21.4 Å². The molecule has 4 heteroatoms. The fourth-order valence-corrected chi connectivity index (χ4v) is 3.31. The number of halogens is 1. The van der Waals surface area contributed by atoms with Crippen molar-refractivity contribution in [2.75, 3.05) is 0 Å². The Labute approximate surface area is 159 Å². The van der Waals surface area contributed by atoms with Gasteiger partial charge in [-0.15, -0.1) is 0 Å². The minimum absolute atomic E-state index is 0.0572. The maximum Gasteiger partial charge on any atom is 0.229 e. The van der Waals surface area contributed by atoms with Gasteiger partial charge in [-0.1, -0.05) is 24.3 Å². The number of hydrogen-bond acceptors (Lipinski definition) is 1. The number of aryl methyl sites for hydroxylation is 4. The van der Waals surface area contributed by atoms with Crippen LogP contribution in [-0.2, 0) is 7.05 Å². The summed E-state index contributed by atoms with van der Waals surface area (Å²) in [6.07, 6.45) is 1.22. The van der Waals surface area contributed by atoms with Crippen LogP contribution in [0.5, 0.6) is 0 Å². The Hall–Kier alpha value is -3.19. The van der Waals surface area contributed by atoms with Gasteiger partial charge >= 0.3 is 0 Å². The lowest BCUT2D eigenvalue weighted by atomic mass is 9.99. The van der Waals surface area contributed by atoms with Crippen molar-refractivity contribution in [2.24, 2.45) is 7.05 Å². The summed E-state index contributed by atoms with van der Waals surface area (Å²) in [6, 6.07) is 7.43. The normalized spacial score (nSPS) is 15.6. The van der Waals surface area contributed by atoms with Crippen molar-refractivity contribution < 1.29 is 21.6 Å². The third kappa shape index (κ3) is 2.21. The highest BCUT2D eigenvalue weighted by atomic mass is 19.1. The first-order chi connectivity index (χ1) is 14.8. The summed E-state index contributed by atoms with van der Waals surface area (Å²) in [4.78, 5) is 3.46. The van der Waals surface area contributed by atoms with Gasteiger partial charge in [0.15, 0.2) is 6.20 Å². The molecule has 128 valence electrons. The van der Waals surface area contributed by atoms with Crippen molar-refractivity contribution in [1.82, 2.24) is 0 Å². The molecule has 0 spiro atoms. The van der Waals surface area contributed by atoms with Gasteiger partial charge in [0.2, 0.25) is 11.4 Å². The molecule has 0 aliphatic rings. The maximum absolute atomic E-state index is 14.8. The number of benzene rings is 2. The number of aromatic nitrogens is 1. The van der Waals surface area contributed by atoms with E-state index in [2.05, 4.69) is 4.85 Å². The van der Waals surface area contributed by atoms with E-state index < -0.39 is 25.1 Å². The largest absolute Gasteiger partial charge is 0.466 e. The second-order valence-electron chi connectivity index (χ2n) is 6.22. The fraction of sp³-hybridized carbons (Fsp3) is 0.182. The van der Waals surface area contributed by atoms with Crippen molar-refractivity contribution in [3.63, 3.8) is 0 Å². The van der Waals surface area contributed by atoms with Gasteiger partial charge < -0.3 is 4.42 Å². The zero-order valence-electron chi connectivity index (χ0n) is 20.1. The highest BCUT2D eigenvalue weighted by Crippen LogP contribution is 2.41. The summed E-state index contributed by atoms with van der Waals surface area (Å²) in [5.41, 5.74) is 1.84. The number of rotatable bonds is 1. The summed E-state index contributed by atoms with van der Waals surface area (Å²) in [5, 5.41) is 0.800. The molecule has 4 rings (SSSR count). The zero-order chi connectivity index (χ0) is 23.6. The Morgan fingerprint density at radius 1 is 1.12 bits per heavy atom. The highest BCUT2D eigenvalue weighted by Gasteiger charge is 2.23. The van der Waals surface area contributed by atoms with E-state index in [1.54, 1.807) is 26.1 Å². The van der Waals surface area contributed by atoms with Crippen LogP contribution in [0.15, 0.2) is 40.9 Å². The molecule has 0 bridgehead atoms. The second kappa shape index (κ2) is 5.67. The Balaban J connectivity index is 2.15. The van der Waals surface area contributed by atoms with Gasteiger partial charge in [-0.2, -0.15) is 0 Å².